The zero-order chi connectivity index (χ0) is 13.0. The first kappa shape index (κ1) is 12.6. The van der Waals surface area contributed by atoms with E-state index >= 15 is 0 Å². The molecule has 0 aliphatic carbocycles. The Hall–Kier alpha value is -1.87. The number of nitrogens with zero attached hydrogens (tertiary/aromatic N) is 1. The van der Waals surface area contributed by atoms with Crippen molar-refractivity contribution in [1.29, 1.82) is 0 Å². The van der Waals surface area contributed by atoms with E-state index in [0.29, 0.717) is 5.88 Å². The van der Waals surface area contributed by atoms with Gasteiger partial charge in [0.05, 0.1) is 7.11 Å². The fourth-order valence-electron chi connectivity index (χ4n) is 1.95. The maximum Gasteiger partial charge on any atom is 0.212 e. The van der Waals surface area contributed by atoms with Gasteiger partial charge in [-0.3, -0.25) is 0 Å². The molecule has 3 nitrogen and oxygen atoms in total. The van der Waals surface area contributed by atoms with Crippen molar-refractivity contribution in [3.8, 4) is 17.0 Å². The molecule has 1 aromatic heterocycles. The summed E-state index contributed by atoms with van der Waals surface area (Å²) in [5.74, 6) is 0.641. The van der Waals surface area contributed by atoms with Crippen molar-refractivity contribution in [2.24, 2.45) is 0 Å². The van der Waals surface area contributed by atoms with Gasteiger partial charge < -0.3 is 10.1 Å². The molecular formula is C15H18N2O. The van der Waals surface area contributed by atoms with Gasteiger partial charge in [-0.25, -0.2) is 4.98 Å². The molecule has 0 aliphatic rings. The quantitative estimate of drug-likeness (QED) is 0.895. The lowest BCUT2D eigenvalue weighted by molar-refractivity contribution is 0.398. The van der Waals surface area contributed by atoms with Crippen LogP contribution in [0.25, 0.3) is 11.1 Å². The summed E-state index contributed by atoms with van der Waals surface area (Å²) < 4.78 is 5.08. The largest absolute Gasteiger partial charge is 0.481 e. The first-order valence-corrected chi connectivity index (χ1v) is 5.99. The van der Waals surface area contributed by atoms with Crippen molar-refractivity contribution in [2.75, 3.05) is 14.2 Å². The third kappa shape index (κ3) is 2.68. The molecule has 0 radical (unpaired) electrons. The summed E-state index contributed by atoms with van der Waals surface area (Å²) >= 11 is 0. The maximum atomic E-state index is 5.08. The summed E-state index contributed by atoms with van der Waals surface area (Å²) in [6.45, 7) is 2.99. The van der Waals surface area contributed by atoms with Crippen LogP contribution in [0.3, 0.4) is 0 Å². The molecule has 0 amide bonds. The molecule has 0 unspecified atom stereocenters. The first-order chi connectivity index (χ1) is 8.74. The number of pyridine rings is 1. The summed E-state index contributed by atoms with van der Waals surface area (Å²) in [6.07, 6.45) is 1.85. The minimum Gasteiger partial charge on any atom is -0.481 e. The topological polar surface area (TPSA) is 34.1 Å². The van der Waals surface area contributed by atoms with Crippen molar-refractivity contribution < 1.29 is 4.74 Å². The molecule has 3 heteroatoms. The van der Waals surface area contributed by atoms with E-state index in [1.165, 1.54) is 16.7 Å². The zero-order valence-electron chi connectivity index (χ0n) is 11.0. The molecule has 0 spiro atoms. The number of hydrogen-bond donors (Lipinski definition) is 1. The van der Waals surface area contributed by atoms with E-state index in [9.17, 15) is 0 Å². The first-order valence-electron chi connectivity index (χ1n) is 5.99. The molecule has 0 fully saturated rings. The molecule has 2 rings (SSSR count). The molecule has 94 valence electrons. The Balaban J connectivity index is 2.38. The highest BCUT2D eigenvalue weighted by Gasteiger charge is 2.04. The highest BCUT2D eigenvalue weighted by molar-refractivity contribution is 5.67. The highest BCUT2D eigenvalue weighted by Crippen LogP contribution is 2.25. The van der Waals surface area contributed by atoms with Crippen molar-refractivity contribution >= 4 is 0 Å². The average molecular weight is 242 g/mol. The normalized spacial score (nSPS) is 10.4. The average Bonchev–Trinajstić information content (AvgIpc) is 2.41. The Morgan fingerprint density at radius 3 is 2.67 bits per heavy atom. The SMILES string of the molecule is CNCc1ccc(C)c(-c2ccc(OC)nc2)c1. The van der Waals surface area contributed by atoms with Crippen molar-refractivity contribution in [3.05, 3.63) is 47.7 Å². The summed E-state index contributed by atoms with van der Waals surface area (Å²) in [5.41, 5.74) is 4.86. The van der Waals surface area contributed by atoms with Gasteiger partial charge in [-0.15, -0.1) is 0 Å². The van der Waals surface area contributed by atoms with Gasteiger partial charge in [-0.1, -0.05) is 12.1 Å². The smallest absolute Gasteiger partial charge is 0.212 e. The van der Waals surface area contributed by atoms with E-state index in [2.05, 4.69) is 35.4 Å². The third-order valence-corrected chi connectivity index (χ3v) is 2.94. The lowest BCUT2D eigenvalue weighted by Crippen LogP contribution is -2.05. The van der Waals surface area contributed by atoms with E-state index in [1.54, 1.807) is 7.11 Å². The van der Waals surface area contributed by atoms with Crippen LogP contribution >= 0.6 is 0 Å². The second kappa shape index (κ2) is 5.65. The standard InChI is InChI=1S/C15H18N2O/c1-11-4-5-12(9-16-2)8-14(11)13-6-7-15(18-3)17-10-13/h4-8,10,16H,9H2,1-3H3. The van der Waals surface area contributed by atoms with Gasteiger partial charge in [0.25, 0.3) is 0 Å². The van der Waals surface area contributed by atoms with E-state index in [4.69, 9.17) is 4.74 Å². The van der Waals surface area contributed by atoms with Gasteiger partial charge in [-0.2, -0.15) is 0 Å². The summed E-state index contributed by atoms with van der Waals surface area (Å²) in [7, 11) is 3.58. The zero-order valence-corrected chi connectivity index (χ0v) is 11.0. The molecule has 0 saturated carbocycles. The summed E-state index contributed by atoms with van der Waals surface area (Å²) in [6, 6.07) is 10.4. The number of hydrogen-bond acceptors (Lipinski definition) is 3. The molecule has 1 heterocycles. The minimum atomic E-state index is 0.641. The summed E-state index contributed by atoms with van der Waals surface area (Å²) in [4.78, 5) is 4.25. The van der Waals surface area contributed by atoms with Crippen LogP contribution in [0, 0.1) is 6.92 Å². The van der Waals surface area contributed by atoms with E-state index in [-0.39, 0.29) is 0 Å². The predicted octanol–water partition coefficient (Wildman–Crippen LogP) is 2.79. The van der Waals surface area contributed by atoms with Crippen molar-refractivity contribution in [2.45, 2.75) is 13.5 Å². The monoisotopic (exact) mass is 242 g/mol. The maximum absolute atomic E-state index is 5.08. The molecule has 0 bridgehead atoms. The molecule has 0 saturated heterocycles. The molecule has 2 aromatic rings. The van der Waals surface area contributed by atoms with Crippen LogP contribution < -0.4 is 10.1 Å². The van der Waals surface area contributed by atoms with Crippen LogP contribution in [-0.4, -0.2) is 19.1 Å². The fourth-order valence-corrected chi connectivity index (χ4v) is 1.95. The van der Waals surface area contributed by atoms with Crippen molar-refractivity contribution in [3.63, 3.8) is 0 Å². The van der Waals surface area contributed by atoms with Gasteiger partial charge in [0.1, 0.15) is 0 Å². The van der Waals surface area contributed by atoms with Crippen LogP contribution in [0.1, 0.15) is 11.1 Å². The number of rotatable bonds is 4. The number of ether oxygens (including phenoxy) is 1. The highest BCUT2D eigenvalue weighted by atomic mass is 16.5. The number of benzene rings is 1. The Labute approximate surface area is 108 Å². The molecule has 18 heavy (non-hydrogen) atoms. The second-order valence-electron chi connectivity index (χ2n) is 4.27. The van der Waals surface area contributed by atoms with Gasteiger partial charge in [0.15, 0.2) is 0 Å². The van der Waals surface area contributed by atoms with E-state index in [0.717, 1.165) is 12.1 Å². The lowest BCUT2D eigenvalue weighted by atomic mass is 9.99. The van der Waals surface area contributed by atoms with Crippen LogP contribution in [-0.2, 0) is 6.54 Å². The Bertz CT molecular complexity index is 521. The summed E-state index contributed by atoms with van der Waals surface area (Å²) in [5, 5.41) is 3.16. The molecular weight excluding hydrogens is 224 g/mol. The van der Waals surface area contributed by atoms with E-state index < -0.39 is 0 Å². The number of methoxy groups -OCH3 is 1. The van der Waals surface area contributed by atoms with Crippen LogP contribution in [0.4, 0.5) is 0 Å². The number of aryl methyl sites for hydroxylation is 1. The minimum absolute atomic E-state index is 0.641. The number of aromatic nitrogens is 1. The van der Waals surface area contributed by atoms with Gasteiger partial charge >= 0.3 is 0 Å². The van der Waals surface area contributed by atoms with Crippen LogP contribution in [0.5, 0.6) is 5.88 Å². The Kier molecular flexibility index (Phi) is 3.95. The second-order valence-corrected chi connectivity index (χ2v) is 4.27. The number of nitrogens with one attached hydrogen (secondary N) is 1. The molecule has 0 aliphatic heterocycles. The van der Waals surface area contributed by atoms with Crippen molar-refractivity contribution in [1.82, 2.24) is 10.3 Å². The van der Waals surface area contributed by atoms with Gasteiger partial charge in [-0.05, 0) is 42.8 Å². The van der Waals surface area contributed by atoms with Crippen LogP contribution in [0.15, 0.2) is 36.5 Å². The van der Waals surface area contributed by atoms with Crippen LogP contribution in [0.2, 0.25) is 0 Å². The predicted molar refractivity (Wildman–Crippen MR) is 73.7 cm³/mol. The Morgan fingerprint density at radius 1 is 1.22 bits per heavy atom. The molecule has 1 aromatic carbocycles. The Morgan fingerprint density at radius 2 is 2.06 bits per heavy atom. The van der Waals surface area contributed by atoms with E-state index in [1.807, 2.05) is 25.4 Å². The lowest BCUT2D eigenvalue weighted by Gasteiger charge is -2.09. The third-order valence-electron chi connectivity index (χ3n) is 2.94. The molecule has 0 atom stereocenters. The fraction of sp³-hybridized carbons (Fsp3) is 0.267. The van der Waals surface area contributed by atoms with Gasteiger partial charge in [0.2, 0.25) is 5.88 Å². The molecule has 1 N–H and O–H groups in total. The van der Waals surface area contributed by atoms with Gasteiger partial charge in [0, 0.05) is 24.4 Å².